The van der Waals surface area contributed by atoms with E-state index >= 15 is 0 Å². The second kappa shape index (κ2) is 11.3. The van der Waals surface area contributed by atoms with Gasteiger partial charge in [0.1, 0.15) is 18.0 Å². The lowest BCUT2D eigenvalue weighted by atomic mass is 9.98. The molecule has 0 heterocycles. The molecule has 1 amide bonds. The molecule has 0 saturated heterocycles. The summed E-state index contributed by atoms with van der Waals surface area (Å²) in [5, 5.41) is 2.76. The summed E-state index contributed by atoms with van der Waals surface area (Å²) in [5.74, 6) is 0.414. The molecule has 1 aromatic carbocycles. The van der Waals surface area contributed by atoms with Crippen molar-refractivity contribution < 1.29 is 27.4 Å². The van der Waals surface area contributed by atoms with E-state index in [1.165, 1.54) is 39.5 Å². The second-order valence-corrected chi connectivity index (χ2v) is 9.05. The number of anilines is 1. The maximum Gasteiger partial charge on any atom is 0.240 e. The van der Waals surface area contributed by atoms with Gasteiger partial charge in [-0.1, -0.05) is 19.3 Å². The molecular formula is C20H32N2O6S. The second-order valence-electron chi connectivity index (χ2n) is 7.14. The van der Waals surface area contributed by atoms with Crippen molar-refractivity contribution in [3.8, 4) is 11.5 Å². The summed E-state index contributed by atoms with van der Waals surface area (Å²) in [7, 11) is -0.781. The number of ether oxygens (including phenoxy) is 3. The maximum atomic E-state index is 12.4. The van der Waals surface area contributed by atoms with Gasteiger partial charge in [0.15, 0.2) is 0 Å². The number of sulfonamides is 1. The highest BCUT2D eigenvalue weighted by Crippen LogP contribution is 2.33. The highest BCUT2D eigenvalue weighted by molar-refractivity contribution is 7.92. The maximum absolute atomic E-state index is 12.4. The first-order chi connectivity index (χ1) is 13.8. The normalized spacial score (nSPS) is 15.0. The minimum Gasteiger partial charge on any atom is -0.497 e. The third-order valence-corrected chi connectivity index (χ3v) is 6.02. The van der Waals surface area contributed by atoms with Crippen molar-refractivity contribution in [3.05, 3.63) is 18.2 Å². The Balaban J connectivity index is 1.90. The van der Waals surface area contributed by atoms with Gasteiger partial charge in [-0.05, 0) is 31.4 Å². The molecular weight excluding hydrogens is 396 g/mol. The third kappa shape index (κ3) is 7.40. The van der Waals surface area contributed by atoms with Gasteiger partial charge in [-0.25, -0.2) is 8.42 Å². The SMILES string of the molecule is COc1ccc(OC)c(N(CC(=O)NCCCOC2CCCCC2)S(C)(=O)=O)c1. The molecule has 1 aliphatic carbocycles. The first kappa shape index (κ1) is 23.3. The number of amides is 1. The average molecular weight is 429 g/mol. The zero-order valence-electron chi connectivity index (χ0n) is 17.5. The van der Waals surface area contributed by atoms with Crippen LogP contribution in [-0.4, -0.2) is 60.6 Å². The Labute approximate surface area is 173 Å². The van der Waals surface area contributed by atoms with Crippen LogP contribution in [-0.2, 0) is 19.6 Å². The van der Waals surface area contributed by atoms with Crippen LogP contribution in [0.15, 0.2) is 18.2 Å². The summed E-state index contributed by atoms with van der Waals surface area (Å²) in [6.45, 7) is 0.675. The Morgan fingerprint density at radius 2 is 1.90 bits per heavy atom. The van der Waals surface area contributed by atoms with Crippen LogP contribution in [0.3, 0.4) is 0 Å². The van der Waals surface area contributed by atoms with Crippen molar-refractivity contribution in [1.82, 2.24) is 5.32 Å². The average Bonchev–Trinajstić information content (AvgIpc) is 2.71. The molecule has 1 fully saturated rings. The van der Waals surface area contributed by atoms with Crippen LogP contribution < -0.4 is 19.1 Å². The molecule has 1 aromatic rings. The van der Waals surface area contributed by atoms with E-state index in [1.54, 1.807) is 12.1 Å². The standard InChI is InChI=1S/C20H32N2O6S/c1-26-17-10-11-19(27-2)18(14-17)22(29(3,24)25)15-20(23)21-12-7-13-28-16-8-5-4-6-9-16/h10-11,14,16H,4-9,12-13,15H2,1-3H3,(H,21,23). The molecule has 0 atom stereocenters. The smallest absolute Gasteiger partial charge is 0.240 e. The Bertz CT molecular complexity index is 762. The molecule has 2 rings (SSSR count). The van der Waals surface area contributed by atoms with Crippen molar-refractivity contribution in [2.45, 2.75) is 44.6 Å². The number of hydrogen-bond acceptors (Lipinski definition) is 6. The molecule has 164 valence electrons. The predicted molar refractivity (Wildman–Crippen MR) is 112 cm³/mol. The van der Waals surface area contributed by atoms with E-state index in [2.05, 4.69) is 5.32 Å². The van der Waals surface area contributed by atoms with Crippen molar-refractivity contribution in [3.63, 3.8) is 0 Å². The van der Waals surface area contributed by atoms with Crippen molar-refractivity contribution in [2.24, 2.45) is 0 Å². The molecule has 29 heavy (non-hydrogen) atoms. The van der Waals surface area contributed by atoms with E-state index in [-0.39, 0.29) is 12.2 Å². The summed E-state index contributed by atoms with van der Waals surface area (Å²) in [6, 6.07) is 4.80. The number of nitrogens with one attached hydrogen (secondary N) is 1. The number of benzene rings is 1. The minimum absolute atomic E-state index is 0.255. The lowest BCUT2D eigenvalue weighted by molar-refractivity contribution is -0.119. The first-order valence-corrected chi connectivity index (χ1v) is 11.8. The van der Waals surface area contributed by atoms with E-state index in [1.807, 2.05) is 0 Å². The van der Waals surface area contributed by atoms with Crippen molar-refractivity contribution in [1.29, 1.82) is 0 Å². The van der Waals surface area contributed by atoms with Gasteiger partial charge in [0, 0.05) is 19.2 Å². The van der Waals surface area contributed by atoms with Crippen LogP contribution in [0.5, 0.6) is 11.5 Å². The van der Waals surface area contributed by atoms with E-state index in [9.17, 15) is 13.2 Å². The van der Waals surface area contributed by atoms with Crippen LogP contribution in [0.25, 0.3) is 0 Å². The third-order valence-electron chi connectivity index (χ3n) is 4.89. The molecule has 1 N–H and O–H groups in total. The molecule has 0 unspecified atom stereocenters. The fourth-order valence-electron chi connectivity index (χ4n) is 3.34. The predicted octanol–water partition coefficient (Wildman–Crippen LogP) is 2.33. The lowest BCUT2D eigenvalue weighted by Crippen LogP contribution is -2.41. The van der Waals surface area contributed by atoms with Crippen molar-refractivity contribution >= 4 is 21.6 Å². The van der Waals surface area contributed by atoms with Gasteiger partial charge in [-0.2, -0.15) is 0 Å². The monoisotopic (exact) mass is 428 g/mol. The van der Waals surface area contributed by atoms with E-state index < -0.39 is 15.9 Å². The highest BCUT2D eigenvalue weighted by atomic mass is 32.2. The largest absolute Gasteiger partial charge is 0.497 e. The molecule has 8 nitrogen and oxygen atoms in total. The zero-order valence-corrected chi connectivity index (χ0v) is 18.3. The molecule has 0 aliphatic heterocycles. The van der Waals surface area contributed by atoms with Gasteiger partial charge in [0.2, 0.25) is 15.9 Å². The fourth-order valence-corrected chi connectivity index (χ4v) is 4.19. The Kier molecular flexibility index (Phi) is 9.03. The van der Waals surface area contributed by atoms with E-state index in [0.717, 1.165) is 23.4 Å². The molecule has 1 aliphatic rings. The fraction of sp³-hybridized carbons (Fsp3) is 0.650. The van der Waals surface area contributed by atoms with Crippen molar-refractivity contribution in [2.75, 3.05) is 44.5 Å². The van der Waals surface area contributed by atoms with Gasteiger partial charge in [0.25, 0.3) is 0 Å². The Hall–Kier alpha value is -2.00. The number of rotatable bonds is 11. The van der Waals surface area contributed by atoms with Gasteiger partial charge < -0.3 is 19.5 Å². The number of methoxy groups -OCH3 is 2. The molecule has 0 radical (unpaired) electrons. The number of hydrogen-bond donors (Lipinski definition) is 1. The van der Waals surface area contributed by atoms with Crippen LogP contribution in [0.2, 0.25) is 0 Å². The van der Waals surface area contributed by atoms with E-state index in [0.29, 0.717) is 37.2 Å². The molecule has 0 spiro atoms. The van der Waals surface area contributed by atoms with Gasteiger partial charge in [0.05, 0.1) is 32.3 Å². The molecule has 9 heteroatoms. The number of carbonyl (C=O) groups is 1. The van der Waals surface area contributed by atoms with E-state index in [4.69, 9.17) is 14.2 Å². The molecule has 1 saturated carbocycles. The zero-order chi connectivity index (χ0) is 21.3. The van der Waals surface area contributed by atoms with Crippen LogP contribution in [0, 0.1) is 0 Å². The van der Waals surface area contributed by atoms with Crippen LogP contribution >= 0.6 is 0 Å². The minimum atomic E-state index is -3.71. The van der Waals surface area contributed by atoms with Crippen LogP contribution in [0.1, 0.15) is 38.5 Å². The topological polar surface area (TPSA) is 94.2 Å². The summed E-state index contributed by atoms with van der Waals surface area (Å²) in [6.07, 6.45) is 8.01. The summed E-state index contributed by atoms with van der Waals surface area (Å²) < 4.78 is 41.9. The molecule has 0 aromatic heterocycles. The molecule has 0 bridgehead atoms. The van der Waals surface area contributed by atoms with Gasteiger partial charge in [-0.15, -0.1) is 0 Å². The Morgan fingerprint density at radius 1 is 1.17 bits per heavy atom. The van der Waals surface area contributed by atoms with Crippen LogP contribution in [0.4, 0.5) is 5.69 Å². The Morgan fingerprint density at radius 3 is 2.52 bits per heavy atom. The number of nitrogens with zero attached hydrogens (tertiary/aromatic N) is 1. The summed E-state index contributed by atoms with van der Waals surface area (Å²) in [4.78, 5) is 12.4. The number of carbonyl (C=O) groups excluding carboxylic acids is 1. The first-order valence-electron chi connectivity index (χ1n) is 9.93. The quantitative estimate of drug-likeness (QED) is 0.544. The van der Waals surface area contributed by atoms with Gasteiger partial charge >= 0.3 is 0 Å². The summed E-state index contributed by atoms with van der Waals surface area (Å²) in [5.41, 5.74) is 0.255. The van der Waals surface area contributed by atoms with Gasteiger partial charge in [-0.3, -0.25) is 9.10 Å². The summed E-state index contributed by atoms with van der Waals surface area (Å²) >= 11 is 0. The lowest BCUT2D eigenvalue weighted by Gasteiger charge is -2.24. The highest BCUT2D eigenvalue weighted by Gasteiger charge is 2.24.